The molecule has 0 unspecified atom stereocenters. The molecular weight excluding hydrogens is 494 g/mol. The van der Waals surface area contributed by atoms with Gasteiger partial charge in [0.25, 0.3) is 0 Å². The topological polar surface area (TPSA) is 12.9 Å². The van der Waals surface area contributed by atoms with Crippen LogP contribution in [0.5, 0.6) is 0 Å². The molecule has 0 N–H and O–H groups in total. The highest BCUT2D eigenvalue weighted by molar-refractivity contribution is 6.23. The summed E-state index contributed by atoms with van der Waals surface area (Å²) >= 11 is 0. The average molecular weight is 522 g/mol. The normalized spacial score (nSPS) is 11.5. The molecule has 1 heteroatoms. The van der Waals surface area contributed by atoms with Crippen molar-refractivity contribution in [2.75, 3.05) is 0 Å². The SMILES string of the molecule is Cc1cc(-c2ccc3cc(-c4c5ccccc5c(-c5cccc6ccccc56)c5ccccc45)ccc3c2)ccn1. The van der Waals surface area contributed by atoms with Gasteiger partial charge in [-0.05, 0) is 108 Å². The van der Waals surface area contributed by atoms with Gasteiger partial charge in [-0.2, -0.15) is 0 Å². The third-order valence-electron chi connectivity index (χ3n) is 8.35. The van der Waals surface area contributed by atoms with Crippen LogP contribution in [-0.4, -0.2) is 4.98 Å². The van der Waals surface area contributed by atoms with Crippen molar-refractivity contribution >= 4 is 43.1 Å². The van der Waals surface area contributed by atoms with Crippen LogP contribution in [0.4, 0.5) is 0 Å². The van der Waals surface area contributed by atoms with E-state index in [9.17, 15) is 0 Å². The van der Waals surface area contributed by atoms with E-state index in [1.165, 1.54) is 76.5 Å². The smallest absolute Gasteiger partial charge is 0.0378 e. The van der Waals surface area contributed by atoms with Crippen molar-refractivity contribution in [3.05, 3.63) is 151 Å². The van der Waals surface area contributed by atoms with Gasteiger partial charge in [-0.15, -0.1) is 0 Å². The molecule has 0 aliphatic heterocycles. The Kier molecular flexibility index (Phi) is 5.43. The van der Waals surface area contributed by atoms with E-state index in [4.69, 9.17) is 0 Å². The second-order valence-electron chi connectivity index (χ2n) is 10.8. The summed E-state index contributed by atoms with van der Waals surface area (Å²) in [6.07, 6.45) is 1.89. The van der Waals surface area contributed by atoms with Crippen molar-refractivity contribution in [1.29, 1.82) is 0 Å². The summed E-state index contributed by atoms with van der Waals surface area (Å²) in [6, 6.07) is 51.0. The number of hydrogen-bond acceptors (Lipinski definition) is 1. The summed E-state index contributed by atoms with van der Waals surface area (Å²) in [5.41, 5.74) is 8.55. The Balaban J connectivity index is 1.39. The molecule has 0 atom stereocenters. The molecule has 0 radical (unpaired) electrons. The van der Waals surface area contributed by atoms with Gasteiger partial charge in [0.2, 0.25) is 0 Å². The Morgan fingerprint density at radius 3 is 1.61 bits per heavy atom. The molecule has 8 rings (SSSR count). The van der Waals surface area contributed by atoms with Crippen molar-refractivity contribution in [3.8, 4) is 33.4 Å². The van der Waals surface area contributed by atoms with E-state index in [0.29, 0.717) is 0 Å². The van der Waals surface area contributed by atoms with Crippen LogP contribution in [0.1, 0.15) is 5.69 Å². The number of rotatable bonds is 3. The minimum Gasteiger partial charge on any atom is -0.262 e. The van der Waals surface area contributed by atoms with Crippen molar-refractivity contribution in [1.82, 2.24) is 4.98 Å². The van der Waals surface area contributed by atoms with Crippen LogP contribution in [0.2, 0.25) is 0 Å². The number of benzene rings is 7. The molecule has 0 aliphatic rings. The maximum absolute atomic E-state index is 4.36. The number of pyridine rings is 1. The van der Waals surface area contributed by atoms with Crippen LogP contribution in [0.3, 0.4) is 0 Å². The van der Waals surface area contributed by atoms with Crippen molar-refractivity contribution in [2.45, 2.75) is 6.92 Å². The summed E-state index contributed by atoms with van der Waals surface area (Å²) in [7, 11) is 0. The lowest BCUT2D eigenvalue weighted by Gasteiger charge is -2.19. The van der Waals surface area contributed by atoms with Crippen LogP contribution >= 0.6 is 0 Å². The zero-order valence-electron chi connectivity index (χ0n) is 22.8. The standard InChI is InChI=1S/C40H27N/c1-26-23-31(21-22-41-26)29-17-18-30-25-32(20-19-28(30)24-29)39-35-12-4-6-14-37(35)40(38-15-7-5-13-36(38)39)34-16-8-10-27-9-2-3-11-33(27)34/h2-25H,1H3. The fraction of sp³-hybridized carbons (Fsp3) is 0.0250. The lowest BCUT2D eigenvalue weighted by Crippen LogP contribution is -1.91. The van der Waals surface area contributed by atoms with Gasteiger partial charge >= 0.3 is 0 Å². The third-order valence-corrected chi connectivity index (χ3v) is 8.35. The molecule has 0 saturated heterocycles. The van der Waals surface area contributed by atoms with Crippen molar-refractivity contribution in [2.24, 2.45) is 0 Å². The number of aromatic nitrogens is 1. The lowest BCUT2D eigenvalue weighted by molar-refractivity contribution is 1.20. The molecule has 1 nitrogen and oxygen atoms in total. The molecule has 0 fully saturated rings. The van der Waals surface area contributed by atoms with Crippen LogP contribution < -0.4 is 0 Å². The third kappa shape index (κ3) is 3.90. The first kappa shape index (κ1) is 23.6. The molecular formula is C40H27N. The van der Waals surface area contributed by atoms with E-state index in [2.05, 4.69) is 145 Å². The number of nitrogens with zero attached hydrogens (tertiary/aromatic N) is 1. The van der Waals surface area contributed by atoms with Crippen LogP contribution in [-0.2, 0) is 0 Å². The Morgan fingerprint density at radius 1 is 0.390 bits per heavy atom. The highest BCUT2D eigenvalue weighted by atomic mass is 14.6. The summed E-state index contributed by atoms with van der Waals surface area (Å²) < 4.78 is 0. The van der Waals surface area contributed by atoms with Gasteiger partial charge in [0.1, 0.15) is 0 Å². The van der Waals surface area contributed by atoms with Gasteiger partial charge in [-0.1, -0.05) is 115 Å². The van der Waals surface area contributed by atoms with Gasteiger partial charge in [0, 0.05) is 11.9 Å². The Bertz CT molecular complexity index is 2210. The van der Waals surface area contributed by atoms with Crippen LogP contribution in [0.15, 0.2) is 146 Å². The molecule has 0 spiro atoms. The van der Waals surface area contributed by atoms with Gasteiger partial charge in [-0.25, -0.2) is 0 Å². The zero-order valence-corrected chi connectivity index (χ0v) is 22.8. The van der Waals surface area contributed by atoms with Crippen LogP contribution in [0, 0.1) is 6.92 Å². The molecule has 0 aliphatic carbocycles. The second-order valence-corrected chi connectivity index (χ2v) is 10.8. The maximum Gasteiger partial charge on any atom is 0.0378 e. The number of aryl methyl sites for hydroxylation is 1. The van der Waals surface area contributed by atoms with E-state index in [0.717, 1.165) is 5.69 Å². The summed E-state index contributed by atoms with van der Waals surface area (Å²) in [5.74, 6) is 0. The highest BCUT2D eigenvalue weighted by Gasteiger charge is 2.18. The molecule has 0 bridgehead atoms. The van der Waals surface area contributed by atoms with Gasteiger partial charge in [-0.3, -0.25) is 4.98 Å². The Morgan fingerprint density at radius 2 is 0.927 bits per heavy atom. The highest BCUT2D eigenvalue weighted by Crippen LogP contribution is 2.45. The predicted molar refractivity (Wildman–Crippen MR) is 175 cm³/mol. The summed E-state index contributed by atoms with van der Waals surface area (Å²) in [6.45, 7) is 2.04. The Labute approximate surface area is 239 Å². The van der Waals surface area contributed by atoms with E-state index >= 15 is 0 Å². The van der Waals surface area contributed by atoms with E-state index < -0.39 is 0 Å². The number of fused-ring (bicyclic) bond motifs is 4. The molecule has 0 amide bonds. The van der Waals surface area contributed by atoms with Gasteiger partial charge < -0.3 is 0 Å². The largest absolute Gasteiger partial charge is 0.262 e. The minimum atomic E-state index is 1.03. The van der Waals surface area contributed by atoms with Gasteiger partial charge in [0.05, 0.1) is 0 Å². The molecule has 7 aromatic carbocycles. The van der Waals surface area contributed by atoms with Crippen molar-refractivity contribution in [3.63, 3.8) is 0 Å². The maximum atomic E-state index is 4.36. The first-order valence-electron chi connectivity index (χ1n) is 14.1. The first-order chi connectivity index (χ1) is 20.2. The molecule has 0 saturated carbocycles. The summed E-state index contributed by atoms with van der Waals surface area (Å²) in [5, 5.41) is 10.1. The van der Waals surface area contributed by atoms with Crippen LogP contribution in [0.25, 0.3) is 76.5 Å². The van der Waals surface area contributed by atoms with Crippen molar-refractivity contribution < 1.29 is 0 Å². The van der Waals surface area contributed by atoms with Gasteiger partial charge in [0.15, 0.2) is 0 Å². The zero-order chi connectivity index (χ0) is 27.3. The fourth-order valence-electron chi connectivity index (χ4n) is 6.48. The number of hydrogen-bond donors (Lipinski definition) is 0. The molecule has 1 heterocycles. The first-order valence-corrected chi connectivity index (χ1v) is 14.1. The van der Waals surface area contributed by atoms with E-state index in [1.54, 1.807) is 0 Å². The average Bonchev–Trinajstić information content (AvgIpc) is 3.03. The quantitative estimate of drug-likeness (QED) is 0.211. The molecule has 1 aromatic heterocycles. The fourth-order valence-corrected chi connectivity index (χ4v) is 6.48. The lowest BCUT2D eigenvalue weighted by atomic mass is 9.84. The molecule has 41 heavy (non-hydrogen) atoms. The second kappa shape index (κ2) is 9.43. The predicted octanol–water partition coefficient (Wildman–Crippen LogP) is 11.0. The monoisotopic (exact) mass is 521 g/mol. The summed E-state index contributed by atoms with van der Waals surface area (Å²) in [4.78, 5) is 4.36. The van der Waals surface area contributed by atoms with E-state index in [1.807, 2.05) is 13.1 Å². The Hall–Kier alpha value is -5.27. The molecule has 8 aromatic rings. The molecule has 192 valence electrons. The van der Waals surface area contributed by atoms with E-state index in [-0.39, 0.29) is 0 Å². The minimum absolute atomic E-state index is 1.03.